The lowest BCUT2D eigenvalue weighted by molar-refractivity contribution is -0.138. The Bertz CT molecular complexity index is 1290. The highest BCUT2D eigenvalue weighted by Crippen LogP contribution is 2.38. The molecule has 1 aliphatic rings. The molecule has 14 heteroatoms. The molecule has 1 aliphatic heterocycles. The number of anilines is 3. The van der Waals surface area contributed by atoms with Gasteiger partial charge in [-0.3, -0.25) is 0 Å². The van der Waals surface area contributed by atoms with Crippen molar-refractivity contribution in [2.45, 2.75) is 32.2 Å². The Balaban J connectivity index is 1.69. The zero-order chi connectivity index (χ0) is 26.3. The van der Waals surface area contributed by atoms with Gasteiger partial charge < -0.3 is 15.5 Å². The Morgan fingerprint density at radius 3 is 2.36 bits per heavy atom. The molecule has 3 aromatic heterocycles. The topological polar surface area (TPSA) is 91.8 Å². The summed E-state index contributed by atoms with van der Waals surface area (Å²) < 4.78 is 79.9. The van der Waals surface area contributed by atoms with Crippen LogP contribution in [0.3, 0.4) is 0 Å². The van der Waals surface area contributed by atoms with E-state index in [1.807, 2.05) is 0 Å². The largest absolute Gasteiger partial charge is 0.418 e. The van der Waals surface area contributed by atoms with Gasteiger partial charge in [-0.05, 0) is 38.1 Å². The van der Waals surface area contributed by atoms with Crippen molar-refractivity contribution in [1.82, 2.24) is 25.1 Å². The van der Waals surface area contributed by atoms with Crippen molar-refractivity contribution in [2.75, 3.05) is 29.1 Å². The van der Waals surface area contributed by atoms with Crippen LogP contribution >= 0.6 is 0 Å². The summed E-state index contributed by atoms with van der Waals surface area (Å²) in [6.45, 7) is 3.96. The highest BCUT2D eigenvalue weighted by Gasteiger charge is 2.37. The lowest BCUT2D eigenvalue weighted by Crippen LogP contribution is -2.23. The van der Waals surface area contributed by atoms with E-state index in [4.69, 9.17) is 0 Å². The molecule has 0 spiro atoms. The summed E-state index contributed by atoms with van der Waals surface area (Å²) in [5.41, 5.74) is -1.90. The van der Waals surface area contributed by atoms with Crippen molar-refractivity contribution in [2.24, 2.45) is 0 Å². The van der Waals surface area contributed by atoms with Crippen LogP contribution in [-0.2, 0) is 12.4 Å². The van der Waals surface area contributed by atoms with E-state index in [1.54, 1.807) is 27.0 Å². The third kappa shape index (κ3) is 5.16. The van der Waals surface area contributed by atoms with E-state index < -0.39 is 29.2 Å². The van der Waals surface area contributed by atoms with E-state index in [2.05, 4.69) is 35.8 Å². The number of hydrogen-bond donors (Lipinski definition) is 2. The smallest absolute Gasteiger partial charge is 0.362 e. The van der Waals surface area contributed by atoms with Gasteiger partial charge in [0.1, 0.15) is 22.9 Å². The number of hydrogen-bond acceptors (Lipinski definition) is 8. The fourth-order valence-electron chi connectivity index (χ4n) is 3.40. The van der Waals surface area contributed by atoms with Gasteiger partial charge in [0.2, 0.25) is 0 Å². The minimum Gasteiger partial charge on any atom is -0.362 e. The Hall–Kier alpha value is -3.97. The fraction of sp³-hybridized carbons (Fsp3) is 0.318. The van der Waals surface area contributed by atoms with E-state index >= 15 is 0 Å². The first-order valence-corrected chi connectivity index (χ1v) is 10.7. The van der Waals surface area contributed by atoms with Crippen LogP contribution in [0.5, 0.6) is 0 Å². The van der Waals surface area contributed by atoms with Crippen LogP contribution in [0.2, 0.25) is 0 Å². The van der Waals surface area contributed by atoms with Gasteiger partial charge in [-0.25, -0.2) is 15.0 Å². The van der Waals surface area contributed by atoms with Crippen LogP contribution in [0.4, 0.5) is 43.8 Å². The maximum atomic E-state index is 13.8. The fourth-order valence-corrected chi connectivity index (χ4v) is 3.40. The van der Waals surface area contributed by atoms with Gasteiger partial charge in [0.15, 0.2) is 11.6 Å². The lowest BCUT2D eigenvalue weighted by atomic mass is 10.1. The van der Waals surface area contributed by atoms with E-state index in [0.29, 0.717) is 18.4 Å². The monoisotopic (exact) mass is 510 g/mol. The molecule has 0 amide bonds. The average Bonchev–Trinajstić information content (AvgIpc) is 2.82. The summed E-state index contributed by atoms with van der Waals surface area (Å²) in [4.78, 5) is 13.9. The Morgan fingerprint density at radius 1 is 1.00 bits per heavy atom. The molecule has 0 saturated carbocycles. The zero-order valence-corrected chi connectivity index (χ0v) is 19.2. The molecule has 8 nitrogen and oxygen atoms in total. The summed E-state index contributed by atoms with van der Waals surface area (Å²) in [6.07, 6.45) is -5.71. The highest BCUT2D eigenvalue weighted by molar-refractivity contribution is 5.83. The number of halogens is 6. The molecular formula is C22H20F6N8. The predicted molar refractivity (Wildman–Crippen MR) is 121 cm³/mol. The van der Waals surface area contributed by atoms with Crippen LogP contribution in [-0.4, -0.2) is 44.8 Å². The van der Waals surface area contributed by atoms with Gasteiger partial charge in [-0.1, -0.05) is 0 Å². The molecule has 36 heavy (non-hydrogen) atoms. The first-order chi connectivity index (χ1) is 16.9. The quantitative estimate of drug-likeness (QED) is 0.459. The Kier molecular flexibility index (Phi) is 6.45. The van der Waals surface area contributed by atoms with Crippen LogP contribution in [0.1, 0.15) is 30.7 Å². The summed E-state index contributed by atoms with van der Waals surface area (Å²) >= 11 is 0. The van der Waals surface area contributed by atoms with Gasteiger partial charge in [0.05, 0.1) is 23.0 Å². The molecular weight excluding hydrogens is 490 g/mol. The summed E-state index contributed by atoms with van der Waals surface area (Å²) in [7, 11) is 1.60. The maximum absolute atomic E-state index is 13.8. The molecule has 1 unspecified atom stereocenters. The van der Waals surface area contributed by atoms with Gasteiger partial charge in [-0.2, -0.15) is 26.3 Å². The molecule has 0 radical (unpaired) electrons. The SMILES string of the molecule is CCN(C)c1cc(C(F)(F)F)c(-c2cnc3c(n2)NC(C)C=C3Nc2ccc(C(F)(F)F)cn2)nn1. The standard InChI is InChI=1S/C22H20F6N8/c1-4-36(3)17-8-13(22(26,27)28)18(35-34-17)15-10-30-19-14(7-11(2)31-20(19)33-15)32-16-6-5-12(9-29-16)21(23,24)25/h5-11H,4H2,1-3H3,(H,29,32)(H,31,33). The first-order valence-electron chi connectivity index (χ1n) is 10.7. The molecule has 0 aromatic carbocycles. The average molecular weight is 510 g/mol. The first kappa shape index (κ1) is 25.1. The minimum atomic E-state index is -4.71. The van der Waals surface area contributed by atoms with Crippen molar-refractivity contribution >= 4 is 23.2 Å². The number of rotatable bonds is 5. The molecule has 2 N–H and O–H groups in total. The Labute approximate surface area is 201 Å². The predicted octanol–water partition coefficient (Wildman–Crippen LogP) is 5.09. The van der Waals surface area contributed by atoms with Crippen LogP contribution < -0.4 is 15.5 Å². The number of alkyl halides is 6. The van der Waals surface area contributed by atoms with E-state index in [1.165, 1.54) is 4.90 Å². The molecule has 0 saturated heterocycles. The number of nitrogens with zero attached hydrogens (tertiary/aromatic N) is 6. The summed E-state index contributed by atoms with van der Waals surface area (Å²) in [5.74, 6) is 0.354. The van der Waals surface area contributed by atoms with E-state index in [-0.39, 0.29) is 34.9 Å². The molecule has 0 fully saturated rings. The van der Waals surface area contributed by atoms with Gasteiger partial charge in [-0.15, -0.1) is 10.2 Å². The second kappa shape index (κ2) is 9.24. The third-order valence-electron chi connectivity index (χ3n) is 5.36. The van der Waals surface area contributed by atoms with Crippen molar-refractivity contribution in [3.63, 3.8) is 0 Å². The highest BCUT2D eigenvalue weighted by atomic mass is 19.4. The van der Waals surface area contributed by atoms with Gasteiger partial charge >= 0.3 is 12.4 Å². The number of nitrogens with one attached hydrogen (secondary N) is 2. The zero-order valence-electron chi connectivity index (χ0n) is 19.2. The molecule has 3 aromatic rings. The summed E-state index contributed by atoms with van der Waals surface area (Å²) in [5, 5.41) is 13.6. The van der Waals surface area contributed by atoms with Crippen molar-refractivity contribution < 1.29 is 26.3 Å². The van der Waals surface area contributed by atoms with Crippen molar-refractivity contribution in [3.05, 3.63) is 53.5 Å². The van der Waals surface area contributed by atoms with Crippen molar-refractivity contribution in [1.29, 1.82) is 0 Å². The third-order valence-corrected chi connectivity index (χ3v) is 5.36. The molecule has 0 bridgehead atoms. The van der Waals surface area contributed by atoms with E-state index in [9.17, 15) is 26.3 Å². The molecule has 190 valence electrons. The normalized spacial score (nSPS) is 15.6. The number of aromatic nitrogens is 5. The second-order valence-electron chi connectivity index (χ2n) is 8.00. The number of pyridine rings is 1. The molecule has 0 aliphatic carbocycles. The van der Waals surface area contributed by atoms with Gasteiger partial charge in [0.25, 0.3) is 0 Å². The van der Waals surface area contributed by atoms with Crippen LogP contribution in [0.15, 0.2) is 36.7 Å². The molecule has 1 atom stereocenters. The Morgan fingerprint density at radius 2 is 1.75 bits per heavy atom. The lowest BCUT2D eigenvalue weighted by Gasteiger charge is -2.24. The number of fused-ring (bicyclic) bond motifs is 1. The van der Waals surface area contributed by atoms with Crippen LogP contribution in [0.25, 0.3) is 17.1 Å². The van der Waals surface area contributed by atoms with Crippen LogP contribution in [0, 0.1) is 0 Å². The molecule has 4 rings (SSSR count). The van der Waals surface area contributed by atoms with E-state index in [0.717, 1.165) is 24.4 Å². The van der Waals surface area contributed by atoms with Crippen molar-refractivity contribution in [3.8, 4) is 11.4 Å². The van der Waals surface area contributed by atoms with Gasteiger partial charge in [0, 0.05) is 25.8 Å². The maximum Gasteiger partial charge on any atom is 0.418 e. The second-order valence-corrected chi connectivity index (χ2v) is 8.00. The summed E-state index contributed by atoms with van der Waals surface area (Å²) in [6, 6.07) is 2.63. The minimum absolute atomic E-state index is 0.0599. The molecule has 4 heterocycles.